The highest BCUT2D eigenvalue weighted by molar-refractivity contribution is 6.30. The third kappa shape index (κ3) is 3.79. The maximum Gasteiger partial charge on any atom is 0.449 e. The minimum absolute atomic E-state index is 0.0153. The lowest BCUT2D eigenvalue weighted by atomic mass is 10.2. The van der Waals surface area contributed by atoms with E-state index in [1.54, 1.807) is 25.1 Å². The number of hydrogen-bond acceptors (Lipinski definition) is 4. The maximum absolute atomic E-state index is 12.6. The van der Waals surface area contributed by atoms with E-state index in [0.29, 0.717) is 29.6 Å². The SMILES string of the molecule is CC(Oc1ccc(Cl)cc1OC1CNC1)c1ccc(C(F)(F)F)o1. The summed E-state index contributed by atoms with van der Waals surface area (Å²) in [4.78, 5) is 0. The fourth-order valence-corrected chi connectivity index (χ4v) is 2.33. The molecule has 0 saturated carbocycles. The molecule has 4 nitrogen and oxygen atoms in total. The van der Waals surface area contributed by atoms with Gasteiger partial charge in [-0.1, -0.05) is 11.6 Å². The van der Waals surface area contributed by atoms with E-state index in [4.69, 9.17) is 25.5 Å². The third-order valence-corrected chi connectivity index (χ3v) is 3.79. The number of alkyl halides is 3. The largest absolute Gasteiger partial charge is 0.484 e. The van der Waals surface area contributed by atoms with E-state index in [1.165, 1.54) is 6.07 Å². The van der Waals surface area contributed by atoms with E-state index in [0.717, 1.165) is 6.07 Å². The van der Waals surface area contributed by atoms with E-state index in [9.17, 15) is 13.2 Å². The zero-order valence-electron chi connectivity index (χ0n) is 12.7. The minimum atomic E-state index is -4.52. The molecule has 2 heterocycles. The number of nitrogens with one attached hydrogen (secondary N) is 1. The molecule has 0 bridgehead atoms. The molecule has 130 valence electrons. The second-order valence-corrected chi connectivity index (χ2v) is 5.89. The van der Waals surface area contributed by atoms with Crippen LogP contribution in [0.15, 0.2) is 34.7 Å². The van der Waals surface area contributed by atoms with Gasteiger partial charge in [0.2, 0.25) is 5.76 Å². The molecule has 2 aromatic rings. The number of rotatable bonds is 5. The van der Waals surface area contributed by atoms with Crippen LogP contribution in [0.5, 0.6) is 11.5 Å². The Kier molecular flexibility index (Phi) is 4.64. The standard InChI is InChI=1S/C16H15ClF3NO3/c1-9(12-4-5-15(24-12)16(18,19)20)22-13-3-2-10(17)6-14(13)23-11-7-21-8-11/h2-6,9,11,21H,7-8H2,1H3. The van der Waals surface area contributed by atoms with Crippen LogP contribution in [-0.4, -0.2) is 19.2 Å². The van der Waals surface area contributed by atoms with Crippen LogP contribution in [0.2, 0.25) is 5.02 Å². The molecule has 0 amide bonds. The van der Waals surface area contributed by atoms with Gasteiger partial charge in [0.05, 0.1) is 0 Å². The summed E-state index contributed by atoms with van der Waals surface area (Å²) in [6.07, 6.45) is -5.23. The summed E-state index contributed by atoms with van der Waals surface area (Å²) in [5.74, 6) is -0.137. The number of hydrogen-bond donors (Lipinski definition) is 1. The van der Waals surface area contributed by atoms with Crippen LogP contribution < -0.4 is 14.8 Å². The highest BCUT2D eigenvalue weighted by Gasteiger charge is 2.35. The van der Waals surface area contributed by atoms with Gasteiger partial charge >= 0.3 is 6.18 Å². The Labute approximate surface area is 141 Å². The molecule has 0 radical (unpaired) electrons. The zero-order chi connectivity index (χ0) is 17.3. The molecule has 1 aromatic heterocycles. The van der Waals surface area contributed by atoms with Crippen molar-refractivity contribution in [3.05, 3.63) is 46.9 Å². The maximum atomic E-state index is 12.6. The van der Waals surface area contributed by atoms with Gasteiger partial charge in [-0.15, -0.1) is 0 Å². The van der Waals surface area contributed by atoms with Crippen molar-refractivity contribution in [1.29, 1.82) is 0 Å². The van der Waals surface area contributed by atoms with Gasteiger partial charge in [0.1, 0.15) is 11.9 Å². The minimum Gasteiger partial charge on any atom is -0.484 e. The Morgan fingerprint density at radius 2 is 1.96 bits per heavy atom. The zero-order valence-corrected chi connectivity index (χ0v) is 13.4. The van der Waals surface area contributed by atoms with Crippen molar-refractivity contribution >= 4 is 11.6 Å². The number of ether oxygens (including phenoxy) is 2. The number of furan rings is 1. The fraction of sp³-hybridized carbons (Fsp3) is 0.375. The second kappa shape index (κ2) is 6.57. The van der Waals surface area contributed by atoms with Gasteiger partial charge in [-0.25, -0.2) is 0 Å². The van der Waals surface area contributed by atoms with E-state index < -0.39 is 18.0 Å². The van der Waals surface area contributed by atoms with Gasteiger partial charge in [0.25, 0.3) is 0 Å². The van der Waals surface area contributed by atoms with Crippen molar-refractivity contribution in [3.8, 4) is 11.5 Å². The molecule has 1 aliphatic heterocycles. The number of benzene rings is 1. The normalized spacial score (nSPS) is 16.5. The van der Waals surface area contributed by atoms with Crippen molar-refractivity contribution in [3.63, 3.8) is 0 Å². The first-order chi connectivity index (χ1) is 11.3. The molecule has 1 fully saturated rings. The van der Waals surface area contributed by atoms with Gasteiger partial charge in [-0.05, 0) is 31.2 Å². The van der Waals surface area contributed by atoms with E-state index >= 15 is 0 Å². The lowest BCUT2D eigenvalue weighted by molar-refractivity contribution is -0.153. The van der Waals surface area contributed by atoms with Gasteiger partial charge in [0.15, 0.2) is 17.6 Å². The fourth-order valence-electron chi connectivity index (χ4n) is 2.17. The van der Waals surface area contributed by atoms with Crippen molar-refractivity contribution in [1.82, 2.24) is 5.32 Å². The molecule has 0 aliphatic carbocycles. The lowest BCUT2D eigenvalue weighted by Crippen LogP contribution is -2.50. The van der Waals surface area contributed by atoms with Crippen LogP contribution in [0.1, 0.15) is 24.5 Å². The van der Waals surface area contributed by atoms with E-state index in [-0.39, 0.29) is 11.9 Å². The van der Waals surface area contributed by atoms with Gasteiger partial charge < -0.3 is 19.2 Å². The highest BCUT2D eigenvalue weighted by Crippen LogP contribution is 2.36. The van der Waals surface area contributed by atoms with Crippen molar-refractivity contribution in [2.75, 3.05) is 13.1 Å². The number of halogens is 4. The Morgan fingerprint density at radius 3 is 2.54 bits per heavy atom. The van der Waals surface area contributed by atoms with Crippen LogP contribution >= 0.6 is 11.6 Å². The van der Waals surface area contributed by atoms with Crippen LogP contribution in [0.3, 0.4) is 0 Å². The molecule has 3 rings (SSSR count). The predicted octanol–water partition coefficient (Wildman–Crippen LogP) is 4.44. The highest BCUT2D eigenvalue weighted by atomic mass is 35.5. The molecule has 1 atom stereocenters. The van der Waals surface area contributed by atoms with Gasteiger partial charge in [0, 0.05) is 24.2 Å². The van der Waals surface area contributed by atoms with Crippen LogP contribution in [0.4, 0.5) is 13.2 Å². The first-order valence-electron chi connectivity index (χ1n) is 7.33. The van der Waals surface area contributed by atoms with Crippen LogP contribution in [0, 0.1) is 0 Å². The first kappa shape index (κ1) is 17.0. The van der Waals surface area contributed by atoms with E-state index in [1.807, 2.05) is 0 Å². The third-order valence-electron chi connectivity index (χ3n) is 3.55. The Hall–Kier alpha value is -1.86. The molecule has 1 unspecified atom stereocenters. The summed E-state index contributed by atoms with van der Waals surface area (Å²) in [7, 11) is 0. The summed E-state index contributed by atoms with van der Waals surface area (Å²) in [6.45, 7) is 3.03. The monoisotopic (exact) mass is 361 g/mol. The van der Waals surface area contributed by atoms with Crippen LogP contribution in [0.25, 0.3) is 0 Å². The van der Waals surface area contributed by atoms with E-state index in [2.05, 4.69) is 5.32 Å². The predicted molar refractivity (Wildman–Crippen MR) is 81.5 cm³/mol. The Morgan fingerprint density at radius 1 is 1.21 bits per heavy atom. The molecule has 0 spiro atoms. The van der Waals surface area contributed by atoms with Gasteiger partial charge in [-0.3, -0.25) is 0 Å². The molecular formula is C16H15ClF3NO3. The Balaban J connectivity index is 1.76. The molecule has 1 aliphatic rings. The van der Waals surface area contributed by atoms with Crippen molar-refractivity contribution in [2.45, 2.75) is 25.3 Å². The van der Waals surface area contributed by atoms with Crippen molar-refractivity contribution in [2.24, 2.45) is 0 Å². The summed E-state index contributed by atoms with van der Waals surface area (Å²) >= 11 is 5.97. The molecule has 1 N–H and O–H groups in total. The average molecular weight is 362 g/mol. The van der Waals surface area contributed by atoms with Crippen molar-refractivity contribution < 1.29 is 27.1 Å². The topological polar surface area (TPSA) is 43.6 Å². The summed E-state index contributed by atoms with van der Waals surface area (Å²) in [5, 5.41) is 3.56. The molecular weight excluding hydrogens is 347 g/mol. The molecule has 8 heteroatoms. The summed E-state index contributed by atoms with van der Waals surface area (Å²) < 4.78 is 54.2. The first-order valence-corrected chi connectivity index (χ1v) is 7.71. The molecule has 1 saturated heterocycles. The quantitative estimate of drug-likeness (QED) is 0.855. The molecule has 1 aromatic carbocycles. The smallest absolute Gasteiger partial charge is 0.449 e. The Bertz CT molecular complexity index is 713. The van der Waals surface area contributed by atoms with Gasteiger partial charge in [-0.2, -0.15) is 13.2 Å². The summed E-state index contributed by atoms with van der Waals surface area (Å²) in [6, 6.07) is 6.99. The second-order valence-electron chi connectivity index (χ2n) is 5.45. The van der Waals surface area contributed by atoms with Crippen LogP contribution in [-0.2, 0) is 6.18 Å². The summed E-state index contributed by atoms with van der Waals surface area (Å²) in [5.41, 5.74) is 0. The molecule has 24 heavy (non-hydrogen) atoms. The average Bonchev–Trinajstić information content (AvgIpc) is 2.95. The lowest BCUT2D eigenvalue weighted by Gasteiger charge is -2.29.